The van der Waals surface area contributed by atoms with E-state index in [1.807, 2.05) is 12.1 Å². The zero-order valence-corrected chi connectivity index (χ0v) is 19.0. The predicted molar refractivity (Wildman–Crippen MR) is 131 cm³/mol. The van der Waals surface area contributed by atoms with E-state index in [0.29, 0.717) is 34.1 Å². The van der Waals surface area contributed by atoms with Crippen molar-refractivity contribution in [3.8, 4) is 11.4 Å². The molecule has 2 N–H and O–H groups in total. The van der Waals surface area contributed by atoms with Gasteiger partial charge in [0.15, 0.2) is 5.69 Å². The average Bonchev–Trinajstić information content (AvgIpc) is 3.48. The molecular weight excluding hydrogens is 447 g/mol. The van der Waals surface area contributed by atoms with Gasteiger partial charge in [0.1, 0.15) is 11.6 Å². The van der Waals surface area contributed by atoms with Gasteiger partial charge in [-0.15, -0.1) is 0 Å². The fraction of sp³-hybridized carbons (Fsp3) is 0.148. The third kappa shape index (κ3) is 4.50. The first kappa shape index (κ1) is 22.3. The minimum Gasteiger partial charge on any atom is -0.495 e. The quantitative estimate of drug-likeness (QED) is 0.415. The van der Waals surface area contributed by atoms with Crippen LogP contribution in [-0.4, -0.2) is 28.7 Å². The van der Waals surface area contributed by atoms with Crippen molar-refractivity contribution in [2.75, 3.05) is 17.7 Å². The maximum Gasteiger partial charge on any atom is 0.276 e. The number of hydrogen-bond acceptors (Lipinski definition) is 4. The van der Waals surface area contributed by atoms with Gasteiger partial charge >= 0.3 is 0 Å². The number of methoxy groups -OCH3 is 1. The predicted octanol–water partition coefficient (Wildman–Crippen LogP) is 5.01. The lowest BCUT2D eigenvalue weighted by atomic mass is 10.1. The molecule has 5 rings (SSSR count). The van der Waals surface area contributed by atoms with Crippen molar-refractivity contribution in [1.29, 1.82) is 0 Å². The number of nitrogens with one attached hydrogen (secondary N) is 2. The molecule has 0 aliphatic heterocycles. The monoisotopic (exact) mass is 470 g/mol. The van der Waals surface area contributed by atoms with Crippen molar-refractivity contribution >= 4 is 23.2 Å². The highest BCUT2D eigenvalue weighted by Gasteiger charge is 2.27. The number of halogens is 1. The number of ether oxygens (including phenoxy) is 1. The van der Waals surface area contributed by atoms with Gasteiger partial charge in [-0.1, -0.05) is 12.1 Å². The molecule has 0 spiro atoms. The summed E-state index contributed by atoms with van der Waals surface area (Å²) in [4.78, 5) is 25.7. The number of amides is 2. The van der Waals surface area contributed by atoms with Crippen molar-refractivity contribution in [3.05, 3.63) is 101 Å². The number of benzene rings is 3. The van der Waals surface area contributed by atoms with E-state index in [-0.39, 0.29) is 17.6 Å². The van der Waals surface area contributed by atoms with E-state index in [1.54, 1.807) is 60.3 Å². The summed E-state index contributed by atoms with van der Waals surface area (Å²) in [6, 6.07) is 19.8. The Morgan fingerprint density at radius 1 is 0.914 bits per heavy atom. The lowest BCUT2D eigenvalue weighted by molar-refractivity contribution is 0.101. The first-order valence-corrected chi connectivity index (χ1v) is 11.3. The van der Waals surface area contributed by atoms with E-state index in [0.717, 1.165) is 30.5 Å². The summed E-state index contributed by atoms with van der Waals surface area (Å²) < 4.78 is 20.3. The maximum absolute atomic E-state index is 13.3. The number of nitrogens with zero attached hydrogens (tertiary/aromatic N) is 2. The second-order valence-electron chi connectivity index (χ2n) is 8.20. The maximum atomic E-state index is 13.3. The molecule has 176 valence electrons. The minimum absolute atomic E-state index is 0.289. The normalized spacial score (nSPS) is 12.2. The smallest absolute Gasteiger partial charge is 0.276 e. The number of carbonyl (C=O) groups is 2. The van der Waals surface area contributed by atoms with Gasteiger partial charge in [0.25, 0.3) is 11.8 Å². The Kier molecular flexibility index (Phi) is 6.01. The van der Waals surface area contributed by atoms with Crippen LogP contribution in [0.5, 0.6) is 5.75 Å². The van der Waals surface area contributed by atoms with Crippen LogP contribution in [0.3, 0.4) is 0 Å². The summed E-state index contributed by atoms with van der Waals surface area (Å²) in [5.41, 5.74) is 4.53. The highest BCUT2D eigenvalue weighted by molar-refractivity contribution is 6.06. The molecule has 0 bridgehead atoms. The SMILES string of the molecule is COc1ccccc1NC(=O)c1ccc(NC(=O)c2nn(-c3ccc(F)cc3)c3c2CCC3)cc1. The van der Waals surface area contributed by atoms with Gasteiger partial charge in [0.2, 0.25) is 0 Å². The number of hydrogen-bond donors (Lipinski definition) is 2. The van der Waals surface area contributed by atoms with E-state index in [2.05, 4.69) is 15.7 Å². The third-order valence-electron chi connectivity index (χ3n) is 5.98. The van der Waals surface area contributed by atoms with Crippen molar-refractivity contribution in [3.63, 3.8) is 0 Å². The minimum atomic E-state index is -0.324. The van der Waals surface area contributed by atoms with Crippen LogP contribution in [0.15, 0.2) is 72.8 Å². The number of carbonyl (C=O) groups excluding carboxylic acids is 2. The fourth-order valence-corrected chi connectivity index (χ4v) is 4.25. The Balaban J connectivity index is 1.31. The van der Waals surface area contributed by atoms with Gasteiger partial charge in [-0.3, -0.25) is 9.59 Å². The second kappa shape index (κ2) is 9.42. The zero-order valence-electron chi connectivity index (χ0n) is 19.0. The molecule has 0 atom stereocenters. The van der Waals surface area contributed by atoms with Gasteiger partial charge in [0, 0.05) is 22.5 Å². The standard InChI is InChI=1S/C27H23FN4O3/c1-35-24-8-3-2-6-22(24)30-26(33)17-9-13-19(14-10-17)29-27(34)25-21-5-4-7-23(21)32(31-25)20-15-11-18(28)12-16-20/h2-3,6,8-16H,4-5,7H2,1H3,(H,29,34)(H,30,33). The number of para-hydroxylation sites is 2. The molecule has 0 saturated carbocycles. The van der Waals surface area contributed by atoms with E-state index in [4.69, 9.17) is 4.74 Å². The Labute approximate surface area is 201 Å². The van der Waals surface area contributed by atoms with Crippen molar-refractivity contribution < 1.29 is 18.7 Å². The Morgan fingerprint density at radius 3 is 2.40 bits per heavy atom. The van der Waals surface area contributed by atoms with Crippen molar-refractivity contribution in [2.24, 2.45) is 0 Å². The highest BCUT2D eigenvalue weighted by atomic mass is 19.1. The van der Waals surface area contributed by atoms with Gasteiger partial charge < -0.3 is 15.4 Å². The summed E-state index contributed by atoms with van der Waals surface area (Å²) in [6.45, 7) is 0. The molecule has 35 heavy (non-hydrogen) atoms. The zero-order chi connectivity index (χ0) is 24.4. The van der Waals surface area contributed by atoms with Crippen LogP contribution in [-0.2, 0) is 12.8 Å². The Hall–Kier alpha value is -4.46. The molecule has 2 amide bonds. The molecule has 4 aromatic rings. The summed E-state index contributed by atoms with van der Waals surface area (Å²) in [5.74, 6) is -0.369. The Morgan fingerprint density at radius 2 is 1.66 bits per heavy atom. The molecule has 8 heteroatoms. The Bertz CT molecular complexity index is 1400. The first-order chi connectivity index (χ1) is 17.0. The topological polar surface area (TPSA) is 85.2 Å². The van der Waals surface area contributed by atoms with E-state index in [1.165, 1.54) is 12.1 Å². The van der Waals surface area contributed by atoms with Crippen LogP contribution in [0.4, 0.5) is 15.8 Å². The number of fused-ring (bicyclic) bond motifs is 1. The first-order valence-electron chi connectivity index (χ1n) is 11.3. The van der Waals surface area contributed by atoms with E-state index >= 15 is 0 Å². The van der Waals surface area contributed by atoms with Crippen LogP contribution in [0.2, 0.25) is 0 Å². The average molecular weight is 471 g/mol. The van der Waals surface area contributed by atoms with Crippen LogP contribution in [0.1, 0.15) is 38.5 Å². The molecule has 0 saturated heterocycles. The van der Waals surface area contributed by atoms with Crippen LogP contribution in [0.25, 0.3) is 5.69 Å². The molecule has 0 unspecified atom stereocenters. The highest BCUT2D eigenvalue weighted by Crippen LogP contribution is 2.29. The lowest BCUT2D eigenvalue weighted by Gasteiger charge is -2.10. The second-order valence-corrected chi connectivity index (χ2v) is 8.20. The van der Waals surface area contributed by atoms with Gasteiger partial charge in [0.05, 0.1) is 18.5 Å². The molecule has 1 aromatic heterocycles. The summed E-state index contributed by atoms with van der Waals surface area (Å²) in [7, 11) is 1.54. The van der Waals surface area contributed by atoms with Crippen molar-refractivity contribution in [1.82, 2.24) is 9.78 Å². The molecule has 3 aromatic carbocycles. The van der Waals surface area contributed by atoms with Gasteiger partial charge in [-0.05, 0) is 79.9 Å². The molecule has 0 radical (unpaired) electrons. The van der Waals surface area contributed by atoms with Gasteiger partial charge in [-0.2, -0.15) is 5.10 Å². The largest absolute Gasteiger partial charge is 0.495 e. The third-order valence-corrected chi connectivity index (χ3v) is 5.98. The summed E-state index contributed by atoms with van der Waals surface area (Å²) >= 11 is 0. The van der Waals surface area contributed by atoms with E-state index < -0.39 is 0 Å². The molecule has 0 fully saturated rings. The van der Waals surface area contributed by atoms with E-state index in [9.17, 15) is 14.0 Å². The lowest BCUT2D eigenvalue weighted by Crippen LogP contribution is -2.16. The number of anilines is 2. The van der Waals surface area contributed by atoms with Crippen LogP contribution in [0, 0.1) is 5.82 Å². The van der Waals surface area contributed by atoms with Crippen LogP contribution >= 0.6 is 0 Å². The molecular formula is C27H23FN4O3. The molecule has 1 aliphatic rings. The van der Waals surface area contributed by atoms with Crippen molar-refractivity contribution in [2.45, 2.75) is 19.3 Å². The number of rotatable bonds is 6. The summed E-state index contributed by atoms with van der Waals surface area (Å²) in [5, 5.41) is 10.2. The fourth-order valence-electron chi connectivity index (χ4n) is 4.25. The number of aromatic nitrogens is 2. The summed E-state index contributed by atoms with van der Waals surface area (Å²) in [6.07, 6.45) is 2.51. The molecule has 1 heterocycles. The van der Waals surface area contributed by atoms with Gasteiger partial charge in [-0.25, -0.2) is 9.07 Å². The molecule has 7 nitrogen and oxygen atoms in total. The molecule has 1 aliphatic carbocycles. The van der Waals surface area contributed by atoms with Crippen LogP contribution < -0.4 is 15.4 Å².